The number of fused-ring (bicyclic) bond motifs is 1. The summed E-state index contributed by atoms with van der Waals surface area (Å²) < 4.78 is 23.2. The van der Waals surface area contributed by atoms with Crippen molar-refractivity contribution in [3.63, 3.8) is 0 Å². The lowest BCUT2D eigenvalue weighted by Crippen LogP contribution is -2.24. The van der Waals surface area contributed by atoms with Gasteiger partial charge in [0.1, 0.15) is 0 Å². The molecule has 0 amide bonds. The van der Waals surface area contributed by atoms with E-state index in [1.54, 1.807) is 6.08 Å². The van der Waals surface area contributed by atoms with Crippen LogP contribution in [0.15, 0.2) is 35.1 Å². The average Bonchev–Trinajstić information content (AvgIpc) is 2.68. The summed E-state index contributed by atoms with van der Waals surface area (Å²) in [5.41, 5.74) is 1.37. The van der Waals surface area contributed by atoms with E-state index < -0.39 is 20.1 Å². The van der Waals surface area contributed by atoms with Crippen LogP contribution in [-0.4, -0.2) is 42.7 Å². The van der Waals surface area contributed by atoms with E-state index in [4.69, 9.17) is 5.11 Å². The van der Waals surface area contributed by atoms with Gasteiger partial charge in [0.2, 0.25) is 4.90 Å². The number of aliphatic hydroxyl groups is 1. The first kappa shape index (κ1) is 15.7. The summed E-state index contributed by atoms with van der Waals surface area (Å²) in [6.45, 7) is 0.268. The summed E-state index contributed by atoms with van der Waals surface area (Å²) in [6, 6.07) is 0. The maximum absolute atomic E-state index is 11.6. The zero-order valence-electron chi connectivity index (χ0n) is 10.3. The molecule has 0 aromatic carbocycles. The first-order valence-electron chi connectivity index (χ1n) is 5.72. The van der Waals surface area contributed by atoms with Gasteiger partial charge in [0.25, 0.3) is 0 Å². The van der Waals surface area contributed by atoms with Crippen LogP contribution in [0.3, 0.4) is 0 Å². The van der Waals surface area contributed by atoms with Gasteiger partial charge in [-0.3, -0.25) is 9.13 Å². The minimum Gasteiger partial charge on any atom is -0.396 e. The zero-order chi connectivity index (χ0) is 15.2. The van der Waals surface area contributed by atoms with Gasteiger partial charge in [0.05, 0.1) is 0 Å². The van der Waals surface area contributed by atoms with Gasteiger partial charge in [-0.1, -0.05) is 6.08 Å². The highest BCUT2D eigenvalue weighted by Crippen LogP contribution is 2.72. The molecule has 2 aliphatic rings. The van der Waals surface area contributed by atoms with Gasteiger partial charge in [-0.2, -0.15) is 0 Å². The lowest BCUT2D eigenvalue weighted by molar-refractivity contribution is 0.298. The highest BCUT2D eigenvalue weighted by molar-refractivity contribution is 7.73. The predicted molar refractivity (Wildman–Crippen MR) is 70.8 cm³/mol. The van der Waals surface area contributed by atoms with Crippen molar-refractivity contribution in [3.8, 4) is 0 Å². The van der Waals surface area contributed by atoms with Crippen molar-refractivity contribution in [2.24, 2.45) is 0 Å². The van der Waals surface area contributed by atoms with Crippen LogP contribution in [0.1, 0.15) is 6.42 Å². The Hall–Kier alpha value is -0.720. The summed E-state index contributed by atoms with van der Waals surface area (Å²) in [4.78, 5) is 34.8. The molecule has 0 saturated heterocycles. The molecule has 0 bridgehead atoms. The van der Waals surface area contributed by atoms with Gasteiger partial charge in [-0.05, 0) is 29.7 Å². The zero-order valence-corrected chi connectivity index (χ0v) is 12.1. The lowest BCUT2D eigenvalue weighted by atomic mass is 10.0. The molecule has 20 heavy (non-hydrogen) atoms. The van der Waals surface area contributed by atoms with Crippen LogP contribution >= 0.6 is 15.2 Å². The predicted octanol–water partition coefficient (Wildman–Crippen LogP) is -0.226. The molecule has 0 atom stereocenters. The second-order valence-electron chi connectivity index (χ2n) is 4.66. The van der Waals surface area contributed by atoms with E-state index in [2.05, 4.69) is 5.32 Å². The molecule has 8 nitrogen and oxygen atoms in total. The Morgan fingerprint density at radius 3 is 2.25 bits per heavy atom. The van der Waals surface area contributed by atoms with Crippen LogP contribution < -0.4 is 5.32 Å². The minimum atomic E-state index is -5.11. The first-order valence-corrected chi connectivity index (χ1v) is 8.95. The van der Waals surface area contributed by atoms with E-state index in [-0.39, 0.29) is 12.3 Å². The van der Waals surface area contributed by atoms with Crippen molar-refractivity contribution >= 4 is 15.2 Å². The van der Waals surface area contributed by atoms with Crippen LogP contribution in [-0.2, 0) is 9.13 Å². The number of hydrogen-bond donors (Lipinski definition) is 6. The molecule has 0 aromatic rings. The third kappa shape index (κ3) is 2.44. The quantitative estimate of drug-likeness (QED) is 0.389. The standard InChI is InChI=1S/C10H15NO7P2/c12-2-1-7-3-8-4-10(19(13,14)15,20(16,17)18)5-9(8)11-6-7/h3-5,11-12H,1-2,6H2,(H2,13,14,15)(H2,16,17,18). The summed E-state index contributed by atoms with van der Waals surface area (Å²) in [5.74, 6) is 0. The monoisotopic (exact) mass is 323 g/mol. The molecule has 0 spiro atoms. The van der Waals surface area contributed by atoms with Crippen LogP contribution in [0.4, 0.5) is 0 Å². The van der Waals surface area contributed by atoms with E-state index in [0.717, 1.165) is 17.7 Å². The fraction of sp³-hybridized carbons (Fsp3) is 0.400. The maximum atomic E-state index is 11.6. The number of allylic oxidation sites excluding steroid dienone is 3. The molecule has 0 fully saturated rings. The molecule has 1 heterocycles. The molecule has 1 aliphatic heterocycles. The second kappa shape index (κ2) is 4.93. The number of aliphatic hydroxyl groups excluding tert-OH is 1. The van der Waals surface area contributed by atoms with Crippen LogP contribution in [0.2, 0.25) is 0 Å². The molecule has 0 radical (unpaired) electrons. The minimum absolute atomic E-state index is 0.0814. The third-order valence-electron chi connectivity index (χ3n) is 3.27. The maximum Gasteiger partial charge on any atom is 0.351 e. The van der Waals surface area contributed by atoms with Gasteiger partial charge in [-0.15, -0.1) is 0 Å². The summed E-state index contributed by atoms with van der Waals surface area (Å²) in [7, 11) is -10.2. The molecule has 6 N–H and O–H groups in total. The van der Waals surface area contributed by atoms with E-state index in [1.165, 1.54) is 0 Å². The van der Waals surface area contributed by atoms with E-state index in [1.807, 2.05) is 0 Å². The van der Waals surface area contributed by atoms with Crippen molar-refractivity contribution in [1.82, 2.24) is 5.32 Å². The highest BCUT2D eigenvalue weighted by atomic mass is 31.2. The van der Waals surface area contributed by atoms with Gasteiger partial charge in [0, 0.05) is 18.8 Å². The van der Waals surface area contributed by atoms with Gasteiger partial charge in [-0.25, -0.2) is 0 Å². The highest BCUT2D eigenvalue weighted by Gasteiger charge is 2.59. The number of rotatable bonds is 4. The van der Waals surface area contributed by atoms with E-state index >= 15 is 0 Å². The summed E-state index contributed by atoms with van der Waals surface area (Å²) >= 11 is 0. The molecule has 1 aliphatic carbocycles. The molecular weight excluding hydrogens is 308 g/mol. The van der Waals surface area contributed by atoms with Crippen molar-refractivity contribution < 1.29 is 33.8 Å². The Morgan fingerprint density at radius 1 is 1.15 bits per heavy atom. The fourth-order valence-electron chi connectivity index (χ4n) is 2.21. The largest absolute Gasteiger partial charge is 0.396 e. The van der Waals surface area contributed by atoms with Gasteiger partial charge >= 0.3 is 15.2 Å². The fourth-order valence-corrected chi connectivity index (χ4v) is 4.77. The third-order valence-corrected chi connectivity index (χ3v) is 7.21. The smallest absolute Gasteiger partial charge is 0.351 e. The molecule has 112 valence electrons. The van der Waals surface area contributed by atoms with E-state index in [0.29, 0.717) is 18.5 Å². The van der Waals surface area contributed by atoms with Crippen LogP contribution in [0.5, 0.6) is 0 Å². The Kier molecular flexibility index (Phi) is 3.86. The first-order chi connectivity index (χ1) is 9.11. The molecule has 0 saturated carbocycles. The normalized spacial score (nSPS) is 21.6. The van der Waals surface area contributed by atoms with Gasteiger partial charge in [0.15, 0.2) is 0 Å². The van der Waals surface area contributed by atoms with E-state index in [9.17, 15) is 28.7 Å². The van der Waals surface area contributed by atoms with Crippen molar-refractivity contribution in [2.75, 3.05) is 13.2 Å². The summed E-state index contributed by atoms with van der Waals surface area (Å²) in [6.07, 6.45) is 3.76. The Morgan fingerprint density at radius 2 is 1.75 bits per heavy atom. The van der Waals surface area contributed by atoms with Crippen molar-refractivity contribution in [2.45, 2.75) is 11.3 Å². The Balaban J connectivity index is 2.55. The van der Waals surface area contributed by atoms with Crippen LogP contribution in [0, 0.1) is 0 Å². The van der Waals surface area contributed by atoms with Crippen molar-refractivity contribution in [1.29, 1.82) is 0 Å². The molecule has 0 unspecified atom stereocenters. The lowest BCUT2D eigenvalue weighted by Gasteiger charge is -2.26. The Bertz CT molecular complexity index is 587. The molecule has 2 rings (SSSR count). The SMILES string of the molecule is O=P(O)(O)C1(P(=O)(O)O)C=C2C=C(CCO)CNC2=C1. The number of hydrogen-bond acceptors (Lipinski definition) is 4. The van der Waals surface area contributed by atoms with Crippen LogP contribution in [0.25, 0.3) is 0 Å². The topological polar surface area (TPSA) is 147 Å². The summed E-state index contributed by atoms with van der Waals surface area (Å²) in [5, 5.41) is 11.7. The van der Waals surface area contributed by atoms with Gasteiger partial charge < -0.3 is 30.0 Å². The Labute approximate surface area is 114 Å². The molecule has 0 aromatic heterocycles. The van der Waals surface area contributed by atoms with Crippen molar-refractivity contribution in [3.05, 3.63) is 35.1 Å². The molecular formula is C10H15NO7P2. The second-order valence-corrected chi connectivity index (χ2v) is 8.67. The number of nitrogens with one attached hydrogen (secondary N) is 1. The molecule has 10 heteroatoms. The average molecular weight is 323 g/mol.